The maximum absolute atomic E-state index is 4.82. The fourth-order valence-corrected chi connectivity index (χ4v) is 3.39. The molecule has 0 bridgehead atoms. The molecule has 0 aliphatic heterocycles. The van der Waals surface area contributed by atoms with Crippen LogP contribution in [0.15, 0.2) is 78.9 Å². The topological polar surface area (TPSA) is 43.1 Å². The van der Waals surface area contributed by atoms with E-state index in [1.807, 2.05) is 30.3 Å². The number of aryl methyl sites for hydroxylation is 2. The second-order valence-corrected chi connectivity index (χ2v) is 7.30. The summed E-state index contributed by atoms with van der Waals surface area (Å²) in [5, 5.41) is 10.4. The zero-order valence-electron chi connectivity index (χ0n) is 16.4. The minimum atomic E-state index is 0.683. The summed E-state index contributed by atoms with van der Waals surface area (Å²) < 4.78 is 1.65. The molecule has 0 atom stereocenters. The molecule has 5 rings (SSSR count). The normalized spacial score (nSPS) is 12.0. The quantitative estimate of drug-likeness (QED) is 0.461. The van der Waals surface area contributed by atoms with E-state index >= 15 is 0 Å². The number of fused-ring (bicyclic) bond motifs is 1. The van der Waals surface area contributed by atoms with Gasteiger partial charge in [0.1, 0.15) is 5.69 Å². The van der Waals surface area contributed by atoms with Crippen molar-refractivity contribution in [2.45, 2.75) is 13.8 Å². The van der Waals surface area contributed by atoms with Crippen molar-refractivity contribution in [1.29, 1.82) is 0 Å². The van der Waals surface area contributed by atoms with Gasteiger partial charge in [0, 0.05) is 16.3 Å². The molecule has 0 fully saturated rings. The van der Waals surface area contributed by atoms with Gasteiger partial charge in [-0.2, -0.15) is 0 Å². The van der Waals surface area contributed by atoms with E-state index in [0.717, 1.165) is 33.3 Å². The average molecular weight is 376 g/mol. The Bertz CT molecular complexity index is 1330. The molecule has 4 nitrogen and oxygen atoms in total. The van der Waals surface area contributed by atoms with Gasteiger partial charge < -0.3 is 0 Å². The van der Waals surface area contributed by atoms with Crippen LogP contribution in [0.3, 0.4) is 0 Å². The summed E-state index contributed by atoms with van der Waals surface area (Å²) >= 11 is 0. The molecule has 0 aliphatic rings. The third-order valence-corrected chi connectivity index (χ3v) is 5.03. The molecular weight excluding hydrogens is 356 g/mol. The van der Waals surface area contributed by atoms with E-state index in [0.29, 0.717) is 5.82 Å². The molecule has 0 amide bonds. The minimum absolute atomic E-state index is 0.683. The van der Waals surface area contributed by atoms with Crippen molar-refractivity contribution >= 4 is 11.7 Å². The third-order valence-electron chi connectivity index (χ3n) is 5.03. The summed E-state index contributed by atoms with van der Waals surface area (Å²) in [5.74, 6) is 0.683. The smallest absolute Gasteiger partial charge is 0.186 e. The van der Waals surface area contributed by atoms with Crippen LogP contribution in [0.5, 0.6) is 0 Å². The number of hydrogen-bond acceptors (Lipinski definition) is 3. The highest BCUT2D eigenvalue weighted by Crippen LogP contribution is 2.19. The van der Waals surface area contributed by atoms with Crippen LogP contribution in [0.1, 0.15) is 16.7 Å². The van der Waals surface area contributed by atoms with Crippen LogP contribution in [0, 0.1) is 13.8 Å². The molecule has 2 aromatic heterocycles. The Morgan fingerprint density at radius 1 is 0.690 bits per heavy atom. The third kappa shape index (κ3) is 3.29. The Morgan fingerprint density at radius 2 is 1.34 bits per heavy atom. The van der Waals surface area contributed by atoms with Gasteiger partial charge in [-0.15, -0.1) is 14.8 Å². The van der Waals surface area contributed by atoms with Crippen LogP contribution in [0.4, 0.5) is 0 Å². The highest BCUT2D eigenvalue weighted by molar-refractivity contribution is 5.72. The number of nitrogens with zero attached hydrogens (tertiary/aromatic N) is 4. The first kappa shape index (κ1) is 17.3. The second kappa shape index (κ2) is 6.99. The maximum atomic E-state index is 4.82. The van der Waals surface area contributed by atoms with Crippen molar-refractivity contribution in [1.82, 2.24) is 19.8 Å². The van der Waals surface area contributed by atoms with Gasteiger partial charge >= 0.3 is 0 Å². The molecular formula is C25H20N4. The van der Waals surface area contributed by atoms with Gasteiger partial charge in [-0.1, -0.05) is 90.0 Å². The van der Waals surface area contributed by atoms with Crippen LogP contribution in [-0.4, -0.2) is 19.8 Å². The molecule has 0 aliphatic carbocycles. The van der Waals surface area contributed by atoms with Crippen LogP contribution < -0.4 is 5.22 Å². The average Bonchev–Trinajstić information content (AvgIpc) is 3.30. The van der Waals surface area contributed by atoms with Gasteiger partial charge in [-0.05, 0) is 25.5 Å². The Balaban J connectivity index is 1.74. The molecule has 0 saturated heterocycles. The molecule has 29 heavy (non-hydrogen) atoms. The molecule has 0 N–H and O–H groups in total. The molecule has 0 radical (unpaired) electrons. The van der Waals surface area contributed by atoms with Crippen LogP contribution in [-0.2, 0) is 0 Å². The van der Waals surface area contributed by atoms with Gasteiger partial charge in [0.05, 0.1) is 0 Å². The van der Waals surface area contributed by atoms with Crippen molar-refractivity contribution < 1.29 is 0 Å². The molecule has 0 unspecified atom stereocenters. The molecule has 140 valence electrons. The van der Waals surface area contributed by atoms with Gasteiger partial charge in [0.15, 0.2) is 11.5 Å². The Morgan fingerprint density at radius 3 is 2.03 bits per heavy atom. The molecule has 0 saturated carbocycles. The highest BCUT2D eigenvalue weighted by atomic mass is 15.5. The number of rotatable bonds is 3. The van der Waals surface area contributed by atoms with Gasteiger partial charge in [0.2, 0.25) is 0 Å². The molecule has 2 heterocycles. The minimum Gasteiger partial charge on any atom is -0.204 e. The van der Waals surface area contributed by atoms with Crippen LogP contribution >= 0.6 is 0 Å². The van der Waals surface area contributed by atoms with E-state index in [1.165, 1.54) is 11.1 Å². The van der Waals surface area contributed by atoms with E-state index in [-0.39, 0.29) is 0 Å². The Labute approximate surface area is 169 Å². The largest absolute Gasteiger partial charge is 0.204 e. The van der Waals surface area contributed by atoms with Crippen molar-refractivity contribution in [3.8, 4) is 22.6 Å². The van der Waals surface area contributed by atoms with E-state index in [2.05, 4.69) is 73.6 Å². The van der Waals surface area contributed by atoms with Crippen molar-refractivity contribution in [2.24, 2.45) is 0 Å². The van der Waals surface area contributed by atoms with E-state index in [4.69, 9.17) is 10.1 Å². The lowest BCUT2D eigenvalue weighted by molar-refractivity contribution is 0.828. The standard InChI is InChI=1S/C25H20N4/c1-17-8-12-19(13-9-17)16-22-23(20-14-10-18(2)11-15-20)27-29-25(22)26-24(28-29)21-6-4-3-5-7-21/h3-16H,1-2H3/b22-16-. The van der Waals surface area contributed by atoms with Gasteiger partial charge in [-0.25, -0.2) is 4.98 Å². The molecule has 0 spiro atoms. The fraction of sp³-hybridized carbons (Fsp3) is 0.0800. The van der Waals surface area contributed by atoms with Crippen LogP contribution in [0.2, 0.25) is 0 Å². The predicted octanol–water partition coefficient (Wildman–Crippen LogP) is 4.62. The van der Waals surface area contributed by atoms with Crippen molar-refractivity contribution in [3.63, 3.8) is 0 Å². The van der Waals surface area contributed by atoms with Gasteiger partial charge in [0.25, 0.3) is 0 Å². The van der Waals surface area contributed by atoms with Crippen molar-refractivity contribution in [2.75, 3.05) is 0 Å². The summed E-state index contributed by atoms with van der Waals surface area (Å²) in [5.41, 5.74) is 7.26. The van der Waals surface area contributed by atoms with Crippen molar-refractivity contribution in [3.05, 3.63) is 101 Å². The van der Waals surface area contributed by atoms with E-state index in [9.17, 15) is 0 Å². The summed E-state index contributed by atoms with van der Waals surface area (Å²) in [6.07, 6.45) is 2.14. The molecule has 4 heteroatoms. The first-order valence-electron chi connectivity index (χ1n) is 9.65. The SMILES string of the molecule is Cc1ccc(/C=c2/c(-c3ccc(C)cc3)nn3nc(-c4ccccc4)nc23)cc1. The van der Waals surface area contributed by atoms with E-state index < -0.39 is 0 Å². The Hall–Kier alpha value is -3.79. The second-order valence-electron chi connectivity index (χ2n) is 7.30. The van der Waals surface area contributed by atoms with Gasteiger partial charge in [-0.3, -0.25) is 0 Å². The maximum Gasteiger partial charge on any atom is 0.186 e. The summed E-state index contributed by atoms with van der Waals surface area (Å²) in [7, 11) is 0. The van der Waals surface area contributed by atoms with E-state index in [1.54, 1.807) is 4.63 Å². The first-order valence-corrected chi connectivity index (χ1v) is 9.65. The number of benzene rings is 3. The molecule has 5 aromatic rings. The monoisotopic (exact) mass is 376 g/mol. The molecule has 3 aromatic carbocycles. The zero-order valence-corrected chi connectivity index (χ0v) is 16.4. The highest BCUT2D eigenvalue weighted by Gasteiger charge is 2.15. The zero-order chi connectivity index (χ0) is 19.8. The Kier molecular flexibility index (Phi) is 4.17. The lowest BCUT2D eigenvalue weighted by atomic mass is 10.1. The first-order chi connectivity index (χ1) is 14.2. The number of aromatic nitrogens is 4. The lowest BCUT2D eigenvalue weighted by Crippen LogP contribution is -2.04. The summed E-state index contributed by atoms with van der Waals surface area (Å²) in [6, 6.07) is 26.9. The van der Waals surface area contributed by atoms with Crippen LogP contribution in [0.25, 0.3) is 34.4 Å². The summed E-state index contributed by atoms with van der Waals surface area (Å²) in [4.78, 5) is 4.82. The predicted molar refractivity (Wildman–Crippen MR) is 116 cm³/mol. The summed E-state index contributed by atoms with van der Waals surface area (Å²) in [6.45, 7) is 4.18. The fourth-order valence-electron chi connectivity index (χ4n) is 3.39. The lowest BCUT2D eigenvalue weighted by Gasteiger charge is -1.99. The number of hydrogen-bond donors (Lipinski definition) is 0.